The van der Waals surface area contributed by atoms with E-state index in [1.165, 1.54) is 24.3 Å². The molecule has 0 saturated heterocycles. The van der Waals surface area contributed by atoms with Crippen LogP contribution in [0.2, 0.25) is 0 Å². The Labute approximate surface area is 69.8 Å². The van der Waals surface area contributed by atoms with Gasteiger partial charge in [0.15, 0.2) is 0 Å². The molecule has 2 N–H and O–H groups in total. The highest BCUT2D eigenvalue weighted by atomic mass is 16.4. The van der Waals surface area contributed by atoms with Crippen LogP contribution in [0.5, 0.6) is 0 Å². The van der Waals surface area contributed by atoms with Crippen molar-refractivity contribution >= 4 is 11.9 Å². The third-order valence-electron chi connectivity index (χ3n) is 0.968. The summed E-state index contributed by atoms with van der Waals surface area (Å²) in [7, 11) is 0. The maximum atomic E-state index is 9.97. The predicted octanol–water partition coefficient (Wildman–Crippen LogP) is 1.05. The zero-order valence-corrected chi connectivity index (χ0v) is 6.43. The third-order valence-corrected chi connectivity index (χ3v) is 0.968. The Morgan fingerprint density at radius 2 is 1.25 bits per heavy atom. The Kier molecular flexibility index (Phi) is 5.34. The number of carbonyl (C=O) groups is 2. The van der Waals surface area contributed by atoms with Crippen LogP contribution in [0.3, 0.4) is 0 Å². The number of carboxylic acid groups (broad SMARTS) is 2. The molecular formula is C8H10O4. The molecule has 0 aromatic heterocycles. The molecule has 0 aliphatic rings. The fourth-order valence-electron chi connectivity index (χ4n) is 0.495. The molecule has 0 aliphatic heterocycles. The summed E-state index contributed by atoms with van der Waals surface area (Å²) in [6.45, 7) is 0. The zero-order valence-electron chi connectivity index (χ0n) is 6.43. The summed E-state index contributed by atoms with van der Waals surface area (Å²) in [5.74, 6) is -1.81. The van der Waals surface area contributed by atoms with Gasteiger partial charge in [-0.2, -0.15) is 0 Å². The van der Waals surface area contributed by atoms with E-state index in [9.17, 15) is 9.59 Å². The van der Waals surface area contributed by atoms with E-state index in [4.69, 9.17) is 10.2 Å². The van der Waals surface area contributed by atoms with Gasteiger partial charge in [-0.1, -0.05) is 24.3 Å². The van der Waals surface area contributed by atoms with Crippen molar-refractivity contribution in [2.75, 3.05) is 0 Å². The first-order valence-electron chi connectivity index (χ1n) is 3.38. The van der Waals surface area contributed by atoms with E-state index in [-0.39, 0.29) is 12.8 Å². The van der Waals surface area contributed by atoms with Crippen LogP contribution in [0, 0.1) is 0 Å². The normalized spacial score (nSPS) is 11.0. The topological polar surface area (TPSA) is 74.6 Å². The molecule has 0 amide bonds. The maximum Gasteiger partial charge on any atom is 0.307 e. The number of hydrogen-bond donors (Lipinski definition) is 2. The Hall–Kier alpha value is -1.58. The number of hydrogen-bond acceptors (Lipinski definition) is 2. The maximum absolute atomic E-state index is 9.97. The SMILES string of the molecule is O=C(O)C/C=C/C=C/CC(=O)O. The van der Waals surface area contributed by atoms with E-state index in [1.54, 1.807) is 0 Å². The van der Waals surface area contributed by atoms with Crippen LogP contribution in [-0.2, 0) is 9.59 Å². The lowest BCUT2D eigenvalue weighted by Crippen LogP contribution is -1.90. The van der Waals surface area contributed by atoms with Gasteiger partial charge in [-0.3, -0.25) is 9.59 Å². The largest absolute Gasteiger partial charge is 0.481 e. The first-order chi connectivity index (χ1) is 5.63. The molecule has 0 aromatic carbocycles. The van der Waals surface area contributed by atoms with Gasteiger partial charge in [0.1, 0.15) is 0 Å². The lowest BCUT2D eigenvalue weighted by Gasteiger charge is -1.81. The summed E-state index contributed by atoms with van der Waals surface area (Å²) in [6, 6.07) is 0. The van der Waals surface area contributed by atoms with Crippen molar-refractivity contribution in [2.45, 2.75) is 12.8 Å². The van der Waals surface area contributed by atoms with Crippen molar-refractivity contribution in [3.63, 3.8) is 0 Å². The van der Waals surface area contributed by atoms with E-state index < -0.39 is 11.9 Å². The number of carboxylic acids is 2. The van der Waals surface area contributed by atoms with Crippen LogP contribution in [0.1, 0.15) is 12.8 Å². The molecule has 0 saturated carbocycles. The first kappa shape index (κ1) is 10.4. The summed E-state index contributed by atoms with van der Waals surface area (Å²) in [5, 5.41) is 16.4. The molecule has 0 unspecified atom stereocenters. The van der Waals surface area contributed by atoms with E-state index in [0.717, 1.165) is 0 Å². The van der Waals surface area contributed by atoms with E-state index in [1.807, 2.05) is 0 Å². The smallest absolute Gasteiger partial charge is 0.307 e. The fraction of sp³-hybridized carbons (Fsp3) is 0.250. The highest BCUT2D eigenvalue weighted by molar-refractivity contribution is 5.69. The van der Waals surface area contributed by atoms with Gasteiger partial charge in [-0.05, 0) is 0 Å². The van der Waals surface area contributed by atoms with Crippen molar-refractivity contribution in [3.8, 4) is 0 Å². The Balaban J connectivity index is 3.52. The summed E-state index contributed by atoms with van der Waals surface area (Å²) in [5.41, 5.74) is 0. The number of rotatable bonds is 5. The van der Waals surface area contributed by atoms with E-state index in [0.29, 0.717) is 0 Å². The summed E-state index contributed by atoms with van der Waals surface area (Å²) < 4.78 is 0. The highest BCUT2D eigenvalue weighted by Gasteiger charge is 1.88. The average Bonchev–Trinajstić information content (AvgIpc) is 1.95. The molecule has 0 fully saturated rings. The lowest BCUT2D eigenvalue weighted by molar-refractivity contribution is -0.137. The quantitative estimate of drug-likeness (QED) is 0.604. The summed E-state index contributed by atoms with van der Waals surface area (Å²) in [4.78, 5) is 19.9. The van der Waals surface area contributed by atoms with Gasteiger partial charge in [0.05, 0.1) is 12.8 Å². The monoisotopic (exact) mass is 170 g/mol. The molecule has 0 heterocycles. The second-order valence-electron chi connectivity index (χ2n) is 2.05. The number of aliphatic carboxylic acids is 2. The molecule has 0 aromatic rings. The van der Waals surface area contributed by atoms with Gasteiger partial charge in [0.2, 0.25) is 0 Å². The van der Waals surface area contributed by atoms with Crippen LogP contribution >= 0.6 is 0 Å². The molecule has 66 valence electrons. The van der Waals surface area contributed by atoms with Crippen molar-refractivity contribution in [2.24, 2.45) is 0 Å². The molecule has 4 nitrogen and oxygen atoms in total. The van der Waals surface area contributed by atoms with E-state index in [2.05, 4.69) is 0 Å². The van der Waals surface area contributed by atoms with Crippen molar-refractivity contribution in [1.82, 2.24) is 0 Å². The van der Waals surface area contributed by atoms with Crippen LogP contribution in [0.15, 0.2) is 24.3 Å². The predicted molar refractivity (Wildman–Crippen MR) is 42.8 cm³/mol. The molecule has 0 spiro atoms. The average molecular weight is 170 g/mol. The van der Waals surface area contributed by atoms with Gasteiger partial charge in [-0.25, -0.2) is 0 Å². The lowest BCUT2D eigenvalue weighted by atomic mass is 10.3. The van der Waals surface area contributed by atoms with Gasteiger partial charge < -0.3 is 10.2 Å². The van der Waals surface area contributed by atoms with Crippen LogP contribution in [0.25, 0.3) is 0 Å². The zero-order chi connectivity index (χ0) is 9.40. The Morgan fingerprint density at radius 1 is 0.917 bits per heavy atom. The Bertz CT molecular complexity index is 191. The van der Waals surface area contributed by atoms with Gasteiger partial charge in [0, 0.05) is 0 Å². The van der Waals surface area contributed by atoms with Crippen molar-refractivity contribution < 1.29 is 19.8 Å². The fourth-order valence-corrected chi connectivity index (χ4v) is 0.495. The van der Waals surface area contributed by atoms with Crippen LogP contribution in [-0.4, -0.2) is 22.2 Å². The number of allylic oxidation sites excluding steroid dienone is 2. The van der Waals surface area contributed by atoms with Crippen LogP contribution < -0.4 is 0 Å². The standard InChI is InChI=1S/C8H10O4/c9-7(10)5-3-1-2-4-6-8(11)12/h1-4H,5-6H2,(H,9,10)(H,11,12)/b3-1+,4-2+. The second-order valence-corrected chi connectivity index (χ2v) is 2.05. The molecule has 0 atom stereocenters. The highest BCUT2D eigenvalue weighted by Crippen LogP contribution is 1.86. The molecule has 0 bridgehead atoms. The van der Waals surface area contributed by atoms with Crippen molar-refractivity contribution in [1.29, 1.82) is 0 Å². The molecule has 4 heteroatoms. The first-order valence-corrected chi connectivity index (χ1v) is 3.38. The van der Waals surface area contributed by atoms with Gasteiger partial charge >= 0.3 is 11.9 Å². The molecule has 0 rings (SSSR count). The molecule has 0 radical (unpaired) electrons. The van der Waals surface area contributed by atoms with Gasteiger partial charge in [0.25, 0.3) is 0 Å². The van der Waals surface area contributed by atoms with Gasteiger partial charge in [-0.15, -0.1) is 0 Å². The van der Waals surface area contributed by atoms with E-state index >= 15 is 0 Å². The van der Waals surface area contributed by atoms with Crippen molar-refractivity contribution in [3.05, 3.63) is 24.3 Å². The summed E-state index contributed by atoms with van der Waals surface area (Å²) in [6.07, 6.45) is 5.82. The minimum Gasteiger partial charge on any atom is -0.481 e. The Morgan fingerprint density at radius 3 is 1.50 bits per heavy atom. The molecule has 0 aliphatic carbocycles. The third kappa shape index (κ3) is 8.42. The summed E-state index contributed by atoms with van der Waals surface area (Å²) >= 11 is 0. The minimum atomic E-state index is -0.905. The molecular weight excluding hydrogens is 160 g/mol. The minimum absolute atomic E-state index is 0.0442. The van der Waals surface area contributed by atoms with Crippen LogP contribution in [0.4, 0.5) is 0 Å². The second kappa shape index (κ2) is 6.15. The molecule has 12 heavy (non-hydrogen) atoms.